The van der Waals surface area contributed by atoms with Crippen molar-refractivity contribution in [2.75, 3.05) is 6.54 Å². The lowest BCUT2D eigenvalue weighted by Crippen LogP contribution is -2.19. The van der Waals surface area contributed by atoms with E-state index in [0.717, 1.165) is 0 Å². The van der Waals surface area contributed by atoms with Crippen molar-refractivity contribution < 1.29 is 14.7 Å². The largest absolute Gasteiger partial charge is 0.478 e. The monoisotopic (exact) mass is 297 g/mol. The molecule has 5 heteroatoms. The highest BCUT2D eigenvalue weighted by molar-refractivity contribution is 9.10. The minimum absolute atomic E-state index is 0.121. The molecular formula is C12H12BrNO3. The summed E-state index contributed by atoms with van der Waals surface area (Å²) < 4.78 is 0.717. The first-order valence-corrected chi connectivity index (χ1v) is 5.74. The van der Waals surface area contributed by atoms with E-state index in [-0.39, 0.29) is 11.5 Å². The summed E-state index contributed by atoms with van der Waals surface area (Å²) in [6.07, 6.45) is 3.38. The zero-order chi connectivity index (χ0) is 12.8. The molecule has 90 valence electrons. The van der Waals surface area contributed by atoms with Crippen LogP contribution in [0.25, 0.3) is 6.08 Å². The van der Waals surface area contributed by atoms with Crippen molar-refractivity contribution in [3.05, 3.63) is 39.9 Å². The molecule has 4 nitrogen and oxygen atoms in total. The topological polar surface area (TPSA) is 66.4 Å². The fourth-order valence-corrected chi connectivity index (χ4v) is 1.61. The lowest BCUT2D eigenvalue weighted by atomic mass is 10.1. The smallest absolute Gasteiger partial charge is 0.336 e. The number of aromatic carboxylic acids is 1. The van der Waals surface area contributed by atoms with Crippen molar-refractivity contribution in [3.63, 3.8) is 0 Å². The normalized spacial score (nSPS) is 10.5. The van der Waals surface area contributed by atoms with Gasteiger partial charge in [-0.15, -0.1) is 0 Å². The molecule has 0 saturated heterocycles. The number of carboxylic acid groups (broad SMARTS) is 1. The molecule has 0 fully saturated rings. The molecule has 0 spiro atoms. The van der Waals surface area contributed by atoms with Gasteiger partial charge >= 0.3 is 5.97 Å². The van der Waals surface area contributed by atoms with Gasteiger partial charge in [-0.25, -0.2) is 4.79 Å². The number of carboxylic acids is 1. The first-order valence-electron chi connectivity index (χ1n) is 4.94. The molecular weight excluding hydrogens is 286 g/mol. The molecule has 1 aromatic rings. The van der Waals surface area contributed by atoms with Crippen LogP contribution in [0, 0.1) is 0 Å². The molecule has 0 saturated carbocycles. The average molecular weight is 298 g/mol. The Balaban J connectivity index is 2.83. The fourth-order valence-electron chi connectivity index (χ4n) is 1.25. The maximum absolute atomic E-state index is 11.0. The Hall–Kier alpha value is -1.62. The van der Waals surface area contributed by atoms with E-state index in [1.165, 1.54) is 6.92 Å². The Morgan fingerprint density at radius 2 is 2.18 bits per heavy atom. The maximum atomic E-state index is 11.0. The summed E-state index contributed by atoms with van der Waals surface area (Å²) in [5, 5.41) is 11.6. The van der Waals surface area contributed by atoms with Crippen LogP contribution in [0.2, 0.25) is 0 Å². The lowest BCUT2D eigenvalue weighted by molar-refractivity contribution is -0.118. The van der Waals surface area contributed by atoms with Crippen molar-refractivity contribution in [1.29, 1.82) is 0 Å². The number of amides is 1. The minimum Gasteiger partial charge on any atom is -0.478 e. The average Bonchev–Trinajstić information content (AvgIpc) is 2.25. The molecule has 1 aromatic carbocycles. The van der Waals surface area contributed by atoms with Crippen molar-refractivity contribution >= 4 is 33.9 Å². The van der Waals surface area contributed by atoms with Crippen LogP contribution >= 0.6 is 15.9 Å². The Labute approximate surface area is 107 Å². The van der Waals surface area contributed by atoms with Crippen LogP contribution in [-0.4, -0.2) is 23.5 Å². The van der Waals surface area contributed by atoms with Gasteiger partial charge in [0.2, 0.25) is 5.91 Å². The van der Waals surface area contributed by atoms with Gasteiger partial charge in [-0.05, 0) is 17.7 Å². The highest BCUT2D eigenvalue weighted by atomic mass is 79.9. The van der Waals surface area contributed by atoms with Gasteiger partial charge < -0.3 is 10.4 Å². The third kappa shape index (κ3) is 4.40. The summed E-state index contributed by atoms with van der Waals surface area (Å²) in [6.45, 7) is 1.81. The Kier molecular flexibility index (Phi) is 4.90. The predicted molar refractivity (Wildman–Crippen MR) is 68.8 cm³/mol. The fraction of sp³-hybridized carbons (Fsp3) is 0.167. The molecule has 1 rings (SSSR count). The third-order valence-corrected chi connectivity index (χ3v) is 2.51. The summed E-state index contributed by atoms with van der Waals surface area (Å²) >= 11 is 3.22. The zero-order valence-corrected chi connectivity index (χ0v) is 10.8. The van der Waals surface area contributed by atoms with Crippen molar-refractivity contribution in [2.24, 2.45) is 0 Å². The number of carbonyl (C=O) groups is 2. The van der Waals surface area contributed by atoms with Gasteiger partial charge in [0.1, 0.15) is 0 Å². The maximum Gasteiger partial charge on any atom is 0.336 e. The predicted octanol–water partition coefficient (Wildman–Crippen LogP) is 2.30. The molecule has 0 aliphatic carbocycles. The zero-order valence-electron chi connectivity index (χ0n) is 9.24. The molecule has 0 atom stereocenters. The number of hydrogen-bond acceptors (Lipinski definition) is 2. The number of hydrogen-bond donors (Lipinski definition) is 2. The number of benzene rings is 1. The Morgan fingerprint density at radius 3 is 2.76 bits per heavy atom. The number of carbonyl (C=O) groups excluding carboxylic acids is 1. The van der Waals surface area contributed by atoms with Gasteiger partial charge in [-0.1, -0.05) is 34.1 Å². The van der Waals surface area contributed by atoms with E-state index in [0.29, 0.717) is 16.6 Å². The second kappa shape index (κ2) is 6.20. The number of nitrogens with one attached hydrogen (secondary N) is 1. The molecule has 0 heterocycles. The van der Waals surface area contributed by atoms with Crippen LogP contribution in [0.5, 0.6) is 0 Å². The van der Waals surface area contributed by atoms with Crippen LogP contribution in [0.3, 0.4) is 0 Å². The molecule has 0 radical (unpaired) electrons. The Morgan fingerprint density at radius 1 is 1.47 bits per heavy atom. The van der Waals surface area contributed by atoms with Crippen LogP contribution < -0.4 is 5.32 Å². The van der Waals surface area contributed by atoms with Gasteiger partial charge in [0.05, 0.1) is 5.56 Å². The van der Waals surface area contributed by atoms with E-state index in [1.807, 2.05) is 0 Å². The Bertz CT molecular complexity index is 469. The SMILES string of the molecule is CC(=O)NCC=Cc1ccc(Br)cc1C(=O)O. The van der Waals surface area contributed by atoms with Crippen molar-refractivity contribution in [3.8, 4) is 0 Å². The van der Waals surface area contributed by atoms with Crippen LogP contribution in [0.15, 0.2) is 28.7 Å². The van der Waals surface area contributed by atoms with Gasteiger partial charge in [0.15, 0.2) is 0 Å². The van der Waals surface area contributed by atoms with E-state index in [1.54, 1.807) is 30.4 Å². The molecule has 1 amide bonds. The second-order valence-electron chi connectivity index (χ2n) is 3.38. The molecule has 0 aliphatic rings. The molecule has 0 unspecified atom stereocenters. The number of rotatable bonds is 4. The molecule has 0 aromatic heterocycles. The van der Waals surface area contributed by atoms with Gasteiger partial charge in [0, 0.05) is 17.9 Å². The molecule has 0 bridgehead atoms. The summed E-state index contributed by atoms with van der Waals surface area (Å²) in [6, 6.07) is 5.02. The second-order valence-corrected chi connectivity index (χ2v) is 4.29. The molecule has 2 N–H and O–H groups in total. The first kappa shape index (κ1) is 13.4. The van der Waals surface area contributed by atoms with E-state index in [9.17, 15) is 9.59 Å². The molecule has 0 aliphatic heterocycles. The third-order valence-electron chi connectivity index (χ3n) is 2.01. The van der Waals surface area contributed by atoms with Gasteiger partial charge in [-0.2, -0.15) is 0 Å². The standard InChI is InChI=1S/C12H12BrNO3/c1-8(15)14-6-2-3-9-4-5-10(13)7-11(9)12(16)17/h2-5,7H,6H2,1H3,(H,14,15)(H,16,17). The van der Waals surface area contributed by atoms with Gasteiger partial charge in [0.25, 0.3) is 0 Å². The summed E-state index contributed by atoms with van der Waals surface area (Å²) in [4.78, 5) is 21.6. The highest BCUT2D eigenvalue weighted by Crippen LogP contribution is 2.17. The van der Waals surface area contributed by atoms with Crippen molar-refractivity contribution in [1.82, 2.24) is 5.32 Å². The minimum atomic E-state index is -0.981. The van der Waals surface area contributed by atoms with Crippen LogP contribution in [0.1, 0.15) is 22.8 Å². The summed E-state index contributed by atoms with van der Waals surface area (Å²) in [5.74, 6) is -1.10. The van der Waals surface area contributed by atoms with Crippen LogP contribution in [0.4, 0.5) is 0 Å². The van der Waals surface area contributed by atoms with E-state index < -0.39 is 5.97 Å². The van der Waals surface area contributed by atoms with Gasteiger partial charge in [-0.3, -0.25) is 4.79 Å². The van der Waals surface area contributed by atoms with E-state index in [4.69, 9.17) is 5.11 Å². The van der Waals surface area contributed by atoms with Crippen molar-refractivity contribution in [2.45, 2.75) is 6.92 Å². The highest BCUT2D eigenvalue weighted by Gasteiger charge is 2.07. The lowest BCUT2D eigenvalue weighted by Gasteiger charge is -2.02. The van der Waals surface area contributed by atoms with E-state index in [2.05, 4.69) is 21.2 Å². The van der Waals surface area contributed by atoms with E-state index >= 15 is 0 Å². The summed E-state index contributed by atoms with van der Waals surface area (Å²) in [7, 11) is 0. The number of halogens is 1. The molecule has 17 heavy (non-hydrogen) atoms. The first-order chi connectivity index (χ1) is 8.00. The summed E-state index contributed by atoms with van der Waals surface area (Å²) in [5.41, 5.74) is 0.824. The van der Waals surface area contributed by atoms with Crippen LogP contribution in [-0.2, 0) is 4.79 Å². The quantitative estimate of drug-likeness (QED) is 0.896.